The van der Waals surface area contributed by atoms with Gasteiger partial charge in [-0.15, -0.1) is 0 Å². The second-order valence-corrected chi connectivity index (χ2v) is 9.43. The third kappa shape index (κ3) is 5.64. The van der Waals surface area contributed by atoms with Gasteiger partial charge in [-0.3, -0.25) is 4.79 Å². The molecule has 1 unspecified atom stereocenters. The molecule has 0 radical (unpaired) electrons. The first-order chi connectivity index (χ1) is 11.7. The summed E-state index contributed by atoms with van der Waals surface area (Å²) >= 11 is 17.8. The van der Waals surface area contributed by atoms with Gasteiger partial charge in [0.15, 0.2) is 16.4 Å². The minimum absolute atomic E-state index is 0.00990. The number of amides is 1. The normalized spacial score (nSPS) is 19.0. The van der Waals surface area contributed by atoms with Crippen LogP contribution in [-0.4, -0.2) is 49.9 Å². The van der Waals surface area contributed by atoms with Gasteiger partial charge in [0.2, 0.25) is 0 Å². The largest absolute Gasteiger partial charge is 0.482 e. The topological polar surface area (TPSA) is 63.7 Å². The van der Waals surface area contributed by atoms with Crippen LogP contribution in [0.5, 0.6) is 5.75 Å². The zero-order valence-corrected chi connectivity index (χ0v) is 16.9. The Bertz CT molecular complexity index is 739. The minimum atomic E-state index is -3.07. The average Bonchev–Trinajstić information content (AvgIpc) is 2.89. The molecule has 1 aliphatic heterocycles. The Kier molecular flexibility index (Phi) is 7.26. The fourth-order valence-corrected chi connectivity index (χ4v) is 5.02. The number of sulfone groups is 1. The van der Waals surface area contributed by atoms with Crippen LogP contribution in [0, 0.1) is 0 Å². The van der Waals surface area contributed by atoms with E-state index in [1.807, 2.05) is 6.92 Å². The van der Waals surface area contributed by atoms with Crippen LogP contribution in [0.15, 0.2) is 12.1 Å². The Morgan fingerprint density at radius 1 is 1.24 bits per heavy atom. The van der Waals surface area contributed by atoms with Gasteiger partial charge in [0.05, 0.1) is 26.6 Å². The Morgan fingerprint density at radius 2 is 1.92 bits per heavy atom. The molecule has 0 aromatic heterocycles. The molecular weight excluding hydrogens is 409 g/mol. The maximum absolute atomic E-state index is 12.6. The first-order valence-corrected chi connectivity index (χ1v) is 11.0. The van der Waals surface area contributed by atoms with Crippen LogP contribution >= 0.6 is 34.8 Å². The van der Waals surface area contributed by atoms with Crippen molar-refractivity contribution in [3.8, 4) is 5.75 Å². The molecule has 1 heterocycles. The van der Waals surface area contributed by atoms with Gasteiger partial charge in [-0.05, 0) is 18.9 Å². The summed E-state index contributed by atoms with van der Waals surface area (Å²) in [4.78, 5) is 14.2. The highest BCUT2D eigenvalue weighted by Gasteiger charge is 2.34. The third-order valence-corrected chi connectivity index (χ3v) is 6.82. The van der Waals surface area contributed by atoms with Crippen LogP contribution in [-0.2, 0) is 14.6 Å². The minimum Gasteiger partial charge on any atom is -0.482 e. The molecule has 0 N–H and O–H groups in total. The Labute approximate surface area is 163 Å². The van der Waals surface area contributed by atoms with Crippen LogP contribution in [0.2, 0.25) is 15.1 Å². The lowest BCUT2D eigenvalue weighted by Gasteiger charge is -2.28. The first-order valence-electron chi connectivity index (χ1n) is 8.00. The van der Waals surface area contributed by atoms with E-state index in [-0.39, 0.29) is 45.9 Å². The molecule has 0 aliphatic carbocycles. The van der Waals surface area contributed by atoms with E-state index < -0.39 is 9.84 Å². The molecule has 25 heavy (non-hydrogen) atoms. The van der Waals surface area contributed by atoms with Crippen LogP contribution < -0.4 is 4.74 Å². The average molecular weight is 429 g/mol. The van der Waals surface area contributed by atoms with E-state index in [1.165, 1.54) is 12.1 Å². The van der Waals surface area contributed by atoms with Crippen LogP contribution in [0.3, 0.4) is 0 Å². The van der Waals surface area contributed by atoms with Gasteiger partial charge in [-0.2, -0.15) is 0 Å². The quantitative estimate of drug-likeness (QED) is 0.619. The molecule has 0 spiro atoms. The lowest BCUT2D eigenvalue weighted by molar-refractivity contribution is -0.135. The van der Waals surface area contributed by atoms with Crippen molar-refractivity contribution in [2.45, 2.75) is 32.2 Å². The van der Waals surface area contributed by atoms with E-state index in [4.69, 9.17) is 39.5 Å². The molecule has 1 fully saturated rings. The van der Waals surface area contributed by atoms with E-state index in [9.17, 15) is 13.2 Å². The van der Waals surface area contributed by atoms with E-state index >= 15 is 0 Å². The Morgan fingerprint density at radius 3 is 2.52 bits per heavy atom. The number of unbranched alkanes of at least 4 members (excludes halogenated alkanes) is 1. The maximum Gasteiger partial charge on any atom is 0.260 e. The van der Waals surface area contributed by atoms with E-state index in [0.29, 0.717) is 18.0 Å². The maximum atomic E-state index is 12.6. The van der Waals surface area contributed by atoms with Crippen molar-refractivity contribution in [1.29, 1.82) is 0 Å². The summed E-state index contributed by atoms with van der Waals surface area (Å²) in [7, 11) is -3.07. The molecule has 5 nitrogen and oxygen atoms in total. The highest BCUT2D eigenvalue weighted by Crippen LogP contribution is 2.33. The van der Waals surface area contributed by atoms with Gasteiger partial charge < -0.3 is 9.64 Å². The van der Waals surface area contributed by atoms with Gasteiger partial charge in [-0.1, -0.05) is 48.1 Å². The zero-order valence-electron chi connectivity index (χ0n) is 13.8. The Hall–Kier alpha value is -0.690. The molecular formula is C16H20Cl3NO4S. The molecule has 0 saturated carbocycles. The molecule has 1 atom stereocenters. The van der Waals surface area contributed by atoms with Crippen molar-refractivity contribution >= 4 is 50.5 Å². The van der Waals surface area contributed by atoms with Crippen LogP contribution in [0.1, 0.15) is 26.2 Å². The first kappa shape index (κ1) is 20.6. The highest BCUT2D eigenvalue weighted by atomic mass is 35.5. The van der Waals surface area contributed by atoms with Crippen LogP contribution in [0.4, 0.5) is 0 Å². The monoisotopic (exact) mass is 427 g/mol. The van der Waals surface area contributed by atoms with Gasteiger partial charge in [-0.25, -0.2) is 8.42 Å². The summed E-state index contributed by atoms with van der Waals surface area (Å²) in [5.41, 5.74) is 0. The van der Waals surface area contributed by atoms with Crippen molar-refractivity contribution in [2.24, 2.45) is 0 Å². The summed E-state index contributed by atoms with van der Waals surface area (Å²) in [5, 5.41) is 0.829. The van der Waals surface area contributed by atoms with Gasteiger partial charge in [0.25, 0.3) is 5.91 Å². The molecule has 0 bridgehead atoms. The third-order valence-electron chi connectivity index (χ3n) is 4.05. The number of carbonyl (C=O) groups is 1. The molecule has 1 aliphatic rings. The van der Waals surface area contributed by atoms with E-state index in [0.717, 1.165) is 12.8 Å². The van der Waals surface area contributed by atoms with Gasteiger partial charge in [0, 0.05) is 18.7 Å². The molecule has 1 aromatic carbocycles. The lowest BCUT2D eigenvalue weighted by atomic mass is 10.2. The SMILES string of the molecule is CCCCN(C(=O)COc1cc(Cl)c(Cl)cc1Cl)C1CCS(=O)(=O)C1. The molecule has 1 saturated heterocycles. The number of rotatable bonds is 7. The number of ether oxygens (including phenoxy) is 1. The van der Waals surface area contributed by atoms with Crippen molar-refractivity contribution in [3.05, 3.63) is 27.2 Å². The second-order valence-electron chi connectivity index (χ2n) is 5.98. The highest BCUT2D eigenvalue weighted by molar-refractivity contribution is 7.91. The molecule has 1 aromatic rings. The predicted octanol–water partition coefficient (Wildman–Crippen LogP) is 3.84. The fraction of sp³-hybridized carbons (Fsp3) is 0.562. The smallest absolute Gasteiger partial charge is 0.260 e. The molecule has 2 rings (SSSR count). The van der Waals surface area contributed by atoms with Crippen LogP contribution in [0.25, 0.3) is 0 Å². The van der Waals surface area contributed by atoms with Crippen molar-refractivity contribution in [3.63, 3.8) is 0 Å². The van der Waals surface area contributed by atoms with E-state index in [1.54, 1.807) is 4.90 Å². The summed E-state index contributed by atoms with van der Waals surface area (Å²) in [6.07, 6.45) is 2.17. The number of halogens is 3. The number of benzene rings is 1. The van der Waals surface area contributed by atoms with Gasteiger partial charge >= 0.3 is 0 Å². The summed E-state index contributed by atoms with van der Waals surface area (Å²) in [5.74, 6) is 0.125. The summed E-state index contributed by atoms with van der Waals surface area (Å²) in [6.45, 7) is 2.28. The Balaban J connectivity index is 2.05. The second kappa shape index (κ2) is 8.80. The molecule has 1 amide bonds. The zero-order chi connectivity index (χ0) is 18.6. The fourth-order valence-electron chi connectivity index (χ4n) is 2.70. The van der Waals surface area contributed by atoms with E-state index in [2.05, 4.69) is 0 Å². The standard InChI is InChI=1S/C16H20Cl3NO4S/c1-2-3-5-20(11-4-6-25(22,23)10-11)16(21)9-24-15-8-13(18)12(17)7-14(15)19/h7-8,11H,2-6,9-10H2,1H3. The lowest BCUT2D eigenvalue weighted by Crippen LogP contribution is -2.44. The van der Waals surface area contributed by atoms with Crippen molar-refractivity contribution in [1.82, 2.24) is 4.90 Å². The van der Waals surface area contributed by atoms with Crippen molar-refractivity contribution < 1.29 is 17.9 Å². The van der Waals surface area contributed by atoms with Gasteiger partial charge in [0.1, 0.15) is 5.75 Å². The van der Waals surface area contributed by atoms with Crippen molar-refractivity contribution in [2.75, 3.05) is 24.7 Å². The predicted molar refractivity (Wildman–Crippen MR) is 101 cm³/mol. The molecule has 9 heteroatoms. The summed E-state index contributed by atoms with van der Waals surface area (Å²) in [6, 6.07) is 2.61. The number of hydrogen-bond acceptors (Lipinski definition) is 4. The molecule has 140 valence electrons. The summed E-state index contributed by atoms with van der Waals surface area (Å²) < 4.78 is 28.9. The number of nitrogens with zero attached hydrogens (tertiary/aromatic N) is 1. The number of hydrogen-bond donors (Lipinski definition) is 0. The number of carbonyl (C=O) groups excluding carboxylic acids is 1.